The lowest BCUT2D eigenvalue weighted by atomic mass is 10.1. The Bertz CT molecular complexity index is 695. The van der Waals surface area contributed by atoms with E-state index in [0.29, 0.717) is 5.82 Å². The fraction of sp³-hybridized carbons (Fsp3) is 0.462. The van der Waals surface area contributed by atoms with Crippen LogP contribution in [0.3, 0.4) is 0 Å². The van der Waals surface area contributed by atoms with Crippen LogP contribution < -0.4 is 5.32 Å². The van der Waals surface area contributed by atoms with Crippen molar-refractivity contribution in [2.24, 2.45) is 7.05 Å². The molecule has 3 heterocycles. The molecule has 0 fully saturated rings. The molecule has 1 aliphatic heterocycles. The molecule has 0 unspecified atom stereocenters. The van der Waals surface area contributed by atoms with Gasteiger partial charge in [0, 0.05) is 44.0 Å². The summed E-state index contributed by atoms with van der Waals surface area (Å²) in [7, 11) is 3.69. The molecule has 116 valence electrons. The normalized spacial score (nSPS) is 14.7. The minimum absolute atomic E-state index is 0.0343. The summed E-state index contributed by atoms with van der Waals surface area (Å²) in [5.74, 6) is 0.217. The van der Waals surface area contributed by atoms with Gasteiger partial charge < -0.3 is 10.2 Å². The maximum absolute atomic E-state index is 11.9. The number of rotatable bonds is 3. The lowest BCUT2D eigenvalue weighted by molar-refractivity contribution is 0.0939. The number of fused-ring (bicyclic) bond motifs is 1. The van der Waals surface area contributed by atoms with Crippen LogP contribution >= 0.6 is 11.6 Å². The Labute approximate surface area is 132 Å². The molecule has 0 bridgehead atoms. The fourth-order valence-corrected chi connectivity index (χ4v) is 2.40. The van der Waals surface area contributed by atoms with Gasteiger partial charge in [0.05, 0.1) is 6.54 Å². The standard InChI is InChI=1S/C13H16ClN7O/c1-20-4-3-9-8(7-20)5-15-10(17-9)6-16-12(22)11-18-13(14)21(2)19-11/h5H,3-4,6-7H2,1-2H3,(H,16,22). The number of amides is 1. The number of carbonyl (C=O) groups is 1. The molecule has 2 aromatic heterocycles. The summed E-state index contributed by atoms with van der Waals surface area (Å²) in [6.45, 7) is 2.07. The van der Waals surface area contributed by atoms with Crippen LogP contribution in [0, 0.1) is 0 Å². The summed E-state index contributed by atoms with van der Waals surface area (Å²) >= 11 is 5.76. The number of carbonyl (C=O) groups excluding carboxylic acids is 1. The quantitative estimate of drug-likeness (QED) is 0.867. The zero-order valence-electron chi connectivity index (χ0n) is 12.4. The molecule has 1 N–H and O–H groups in total. The highest BCUT2D eigenvalue weighted by Gasteiger charge is 2.17. The first-order chi connectivity index (χ1) is 10.5. The zero-order chi connectivity index (χ0) is 15.7. The summed E-state index contributed by atoms with van der Waals surface area (Å²) in [5.41, 5.74) is 2.19. The van der Waals surface area contributed by atoms with Gasteiger partial charge in [0.1, 0.15) is 5.82 Å². The van der Waals surface area contributed by atoms with Crippen molar-refractivity contribution in [1.29, 1.82) is 0 Å². The molecule has 1 amide bonds. The lowest BCUT2D eigenvalue weighted by Gasteiger charge is -2.23. The van der Waals surface area contributed by atoms with E-state index in [-0.39, 0.29) is 17.7 Å². The average Bonchev–Trinajstić information content (AvgIpc) is 2.84. The number of halogens is 1. The van der Waals surface area contributed by atoms with Crippen LogP contribution in [-0.2, 0) is 26.6 Å². The van der Waals surface area contributed by atoms with E-state index in [9.17, 15) is 4.79 Å². The van der Waals surface area contributed by atoms with E-state index in [1.807, 2.05) is 6.20 Å². The number of aryl methyl sites for hydroxylation is 1. The van der Waals surface area contributed by atoms with Crippen molar-refractivity contribution in [3.05, 3.63) is 34.4 Å². The van der Waals surface area contributed by atoms with Crippen LogP contribution in [0.4, 0.5) is 0 Å². The summed E-state index contributed by atoms with van der Waals surface area (Å²) in [4.78, 5) is 26.8. The van der Waals surface area contributed by atoms with E-state index in [1.54, 1.807) is 7.05 Å². The maximum Gasteiger partial charge on any atom is 0.291 e. The first kappa shape index (κ1) is 14.9. The fourth-order valence-electron chi connectivity index (χ4n) is 2.28. The van der Waals surface area contributed by atoms with Gasteiger partial charge in [-0.1, -0.05) is 0 Å². The molecular weight excluding hydrogens is 306 g/mol. The molecule has 0 radical (unpaired) electrons. The molecule has 0 saturated heterocycles. The number of hydrogen-bond donors (Lipinski definition) is 1. The summed E-state index contributed by atoms with van der Waals surface area (Å²) < 4.78 is 1.34. The third-order valence-electron chi connectivity index (χ3n) is 3.49. The van der Waals surface area contributed by atoms with Crippen LogP contribution in [0.25, 0.3) is 0 Å². The SMILES string of the molecule is CN1CCc2nc(CNC(=O)c3nc(Cl)n(C)n3)ncc2C1. The summed E-state index contributed by atoms with van der Waals surface area (Å²) in [5, 5.41) is 6.78. The molecule has 0 spiro atoms. The van der Waals surface area contributed by atoms with E-state index < -0.39 is 5.91 Å². The van der Waals surface area contributed by atoms with E-state index in [1.165, 1.54) is 4.68 Å². The second-order valence-electron chi connectivity index (χ2n) is 5.26. The molecule has 8 nitrogen and oxygen atoms in total. The topological polar surface area (TPSA) is 88.8 Å². The van der Waals surface area contributed by atoms with Crippen molar-refractivity contribution < 1.29 is 4.79 Å². The van der Waals surface area contributed by atoms with Gasteiger partial charge in [-0.15, -0.1) is 5.10 Å². The van der Waals surface area contributed by atoms with Gasteiger partial charge in [0.2, 0.25) is 11.1 Å². The van der Waals surface area contributed by atoms with Gasteiger partial charge in [0.15, 0.2) is 0 Å². The Kier molecular flexibility index (Phi) is 4.04. The summed E-state index contributed by atoms with van der Waals surface area (Å²) in [6.07, 6.45) is 2.72. The second kappa shape index (κ2) is 5.98. The number of likely N-dealkylation sites (N-methyl/N-ethyl adjacent to an activating group) is 1. The van der Waals surface area contributed by atoms with Crippen molar-refractivity contribution in [1.82, 2.24) is 34.9 Å². The first-order valence-corrected chi connectivity index (χ1v) is 7.27. The van der Waals surface area contributed by atoms with Crippen LogP contribution in [0.2, 0.25) is 5.28 Å². The van der Waals surface area contributed by atoms with Crippen molar-refractivity contribution >= 4 is 17.5 Å². The van der Waals surface area contributed by atoms with Gasteiger partial charge in [-0.05, 0) is 18.6 Å². The molecular formula is C13H16ClN7O. The smallest absolute Gasteiger partial charge is 0.291 e. The monoisotopic (exact) mass is 321 g/mol. The number of nitrogens with zero attached hydrogens (tertiary/aromatic N) is 6. The van der Waals surface area contributed by atoms with Crippen LogP contribution in [0.15, 0.2) is 6.20 Å². The van der Waals surface area contributed by atoms with Gasteiger partial charge in [-0.25, -0.2) is 14.6 Å². The molecule has 0 saturated carbocycles. The second-order valence-corrected chi connectivity index (χ2v) is 5.59. The first-order valence-electron chi connectivity index (χ1n) is 6.90. The number of aromatic nitrogens is 5. The van der Waals surface area contributed by atoms with Crippen molar-refractivity contribution in [2.75, 3.05) is 13.6 Å². The van der Waals surface area contributed by atoms with Crippen molar-refractivity contribution in [2.45, 2.75) is 19.5 Å². The predicted molar refractivity (Wildman–Crippen MR) is 79.3 cm³/mol. The molecule has 22 heavy (non-hydrogen) atoms. The molecule has 2 aromatic rings. The van der Waals surface area contributed by atoms with E-state index in [2.05, 4.69) is 37.3 Å². The number of hydrogen-bond acceptors (Lipinski definition) is 6. The van der Waals surface area contributed by atoms with Gasteiger partial charge >= 0.3 is 0 Å². The van der Waals surface area contributed by atoms with E-state index in [4.69, 9.17) is 11.6 Å². The Hall–Kier alpha value is -2.06. The summed E-state index contributed by atoms with van der Waals surface area (Å²) in [6, 6.07) is 0. The highest BCUT2D eigenvalue weighted by molar-refractivity contribution is 6.28. The molecule has 0 atom stereocenters. The molecule has 0 aliphatic carbocycles. The third kappa shape index (κ3) is 3.07. The Morgan fingerprint density at radius 1 is 1.41 bits per heavy atom. The maximum atomic E-state index is 11.9. The average molecular weight is 322 g/mol. The molecule has 3 rings (SSSR count). The molecule has 9 heteroatoms. The van der Waals surface area contributed by atoms with Gasteiger partial charge in [-0.3, -0.25) is 4.79 Å². The highest BCUT2D eigenvalue weighted by atomic mass is 35.5. The van der Waals surface area contributed by atoms with Crippen LogP contribution in [0.1, 0.15) is 27.7 Å². The van der Waals surface area contributed by atoms with Gasteiger partial charge in [-0.2, -0.15) is 4.98 Å². The highest BCUT2D eigenvalue weighted by Crippen LogP contribution is 2.14. The minimum atomic E-state index is -0.399. The Morgan fingerprint density at radius 2 is 2.23 bits per heavy atom. The van der Waals surface area contributed by atoms with Crippen LogP contribution in [0.5, 0.6) is 0 Å². The Morgan fingerprint density at radius 3 is 2.95 bits per heavy atom. The van der Waals surface area contributed by atoms with Gasteiger partial charge in [0.25, 0.3) is 5.91 Å². The third-order valence-corrected chi connectivity index (χ3v) is 3.82. The lowest BCUT2D eigenvalue weighted by Crippen LogP contribution is -2.29. The predicted octanol–water partition coefficient (Wildman–Crippen LogP) is 0.176. The number of nitrogens with one attached hydrogen (secondary N) is 1. The molecule has 0 aromatic carbocycles. The van der Waals surface area contributed by atoms with Crippen molar-refractivity contribution in [3.8, 4) is 0 Å². The Balaban J connectivity index is 1.65. The van der Waals surface area contributed by atoms with E-state index in [0.717, 1.165) is 30.8 Å². The minimum Gasteiger partial charge on any atom is -0.342 e. The van der Waals surface area contributed by atoms with E-state index >= 15 is 0 Å². The zero-order valence-corrected chi connectivity index (χ0v) is 13.1. The largest absolute Gasteiger partial charge is 0.342 e. The van der Waals surface area contributed by atoms with Crippen LogP contribution in [-0.4, -0.2) is 49.1 Å². The molecule has 1 aliphatic rings. The van der Waals surface area contributed by atoms with Crippen molar-refractivity contribution in [3.63, 3.8) is 0 Å².